The van der Waals surface area contributed by atoms with Gasteiger partial charge in [-0.05, 0) is 136 Å². The number of carbonyl (C=O) groups is 1. The first-order valence-corrected chi connectivity index (χ1v) is 21.5. The highest BCUT2D eigenvalue weighted by Gasteiger charge is 2.59. The molecule has 4 rings (SSSR count). The second-order valence-corrected chi connectivity index (χ2v) is 17.6. The van der Waals surface area contributed by atoms with Crippen LogP contribution in [0.3, 0.4) is 0 Å². The van der Waals surface area contributed by atoms with E-state index in [9.17, 15) is 4.79 Å². The number of esters is 1. The first-order chi connectivity index (χ1) is 24.7. The fourth-order valence-corrected chi connectivity index (χ4v) is 10.8. The SMILES string of the molecule is CCC=CCC=CCC=CCC=CCC=CCC=CCCC(=O)O[C@H]1CC[C@@]2(C)C(=CCC3C4CCC([C@H](C)CCCC(C)C)[C@@]4(C)CCC32)C1. The summed E-state index contributed by atoms with van der Waals surface area (Å²) in [4.78, 5) is 12.8. The topological polar surface area (TPSA) is 26.3 Å². The molecule has 0 heterocycles. The number of hydrogen-bond acceptors (Lipinski definition) is 2. The first kappa shape index (κ1) is 41.4. The van der Waals surface area contributed by atoms with Crippen molar-refractivity contribution in [3.8, 4) is 0 Å². The first-order valence-electron chi connectivity index (χ1n) is 21.5. The van der Waals surface area contributed by atoms with Crippen LogP contribution in [0.15, 0.2) is 84.6 Å². The lowest BCUT2D eigenvalue weighted by Crippen LogP contribution is -2.51. The minimum absolute atomic E-state index is 0.0228. The van der Waals surface area contributed by atoms with Gasteiger partial charge in [0.25, 0.3) is 0 Å². The van der Waals surface area contributed by atoms with Crippen molar-refractivity contribution in [2.45, 2.75) is 170 Å². The molecule has 2 nitrogen and oxygen atoms in total. The second-order valence-electron chi connectivity index (χ2n) is 17.6. The molecular formula is C49H76O2. The number of rotatable bonds is 20. The molecule has 4 aliphatic carbocycles. The van der Waals surface area contributed by atoms with Crippen molar-refractivity contribution < 1.29 is 9.53 Å². The minimum Gasteiger partial charge on any atom is -0.462 e. The normalized spacial score (nSPS) is 31.7. The molecular weight excluding hydrogens is 621 g/mol. The molecule has 0 spiro atoms. The van der Waals surface area contributed by atoms with Crippen LogP contribution in [0.1, 0.15) is 164 Å². The summed E-state index contributed by atoms with van der Waals surface area (Å²) < 4.78 is 6.09. The monoisotopic (exact) mass is 697 g/mol. The van der Waals surface area contributed by atoms with Gasteiger partial charge in [-0.2, -0.15) is 0 Å². The lowest BCUT2D eigenvalue weighted by atomic mass is 9.47. The van der Waals surface area contributed by atoms with Crippen LogP contribution in [-0.4, -0.2) is 12.1 Å². The Morgan fingerprint density at radius 1 is 0.765 bits per heavy atom. The number of carbonyl (C=O) groups excluding carboxylic acids is 1. The Bertz CT molecular complexity index is 1260. The molecule has 0 amide bonds. The minimum atomic E-state index is -0.0228. The average molecular weight is 697 g/mol. The third-order valence-corrected chi connectivity index (χ3v) is 13.7. The highest BCUT2D eigenvalue weighted by molar-refractivity contribution is 5.69. The van der Waals surface area contributed by atoms with Crippen LogP contribution in [-0.2, 0) is 9.53 Å². The van der Waals surface area contributed by atoms with Gasteiger partial charge >= 0.3 is 5.97 Å². The van der Waals surface area contributed by atoms with Gasteiger partial charge in [0, 0.05) is 12.8 Å². The van der Waals surface area contributed by atoms with E-state index in [4.69, 9.17) is 4.74 Å². The molecule has 3 fully saturated rings. The van der Waals surface area contributed by atoms with Gasteiger partial charge in [-0.3, -0.25) is 4.79 Å². The van der Waals surface area contributed by atoms with Crippen molar-refractivity contribution in [2.75, 3.05) is 0 Å². The Kier molecular flexibility index (Phi) is 17.4. The highest BCUT2D eigenvalue weighted by atomic mass is 16.5. The van der Waals surface area contributed by atoms with E-state index < -0.39 is 0 Å². The number of allylic oxidation sites excluding steroid dienone is 13. The Hall–Kier alpha value is -2.35. The Morgan fingerprint density at radius 2 is 1.37 bits per heavy atom. The molecule has 4 aliphatic rings. The summed E-state index contributed by atoms with van der Waals surface area (Å²) >= 11 is 0. The van der Waals surface area contributed by atoms with Gasteiger partial charge in [-0.15, -0.1) is 0 Å². The number of ether oxygens (including phenoxy) is 1. The molecule has 3 saturated carbocycles. The van der Waals surface area contributed by atoms with E-state index in [-0.39, 0.29) is 12.1 Å². The average Bonchev–Trinajstić information content (AvgIpc) is 3.46. The van der Waals surface area contributed by atoms with Gasteiger partial charge < -0.3 is 4.74 Å². The van der Waals surface area contributed by atoms with Crippen molar-refractivity contribution in [3.05, 3.63) is 84.6 Å². The molecule has 2 heteroatoms. The molecule has 0 bridgehead atoms. The van der Waals surface area contributed by atoms with Gasteiger partial charge in [0.2, 0.25) is 0 Å². The van der Waals surface area contributed by atoms with Crippen molar-refractivity contribution in [3.63, 3.8) is 0 Å². The van der Waals surface area contributed by atoms with Crippen molar-refractivity contribution in [1.29, 1.82) is 0 Å². The molecule has 0 saturated heterocycles. The van der Waals surface area contributed by atoms with Crippen LogP contribution < -0.4 is 0 Å². The summed E-state index contributed by atoms with van der Waals surface area (Å²) in [5, 5.41) is 0. The zero-order valence-corrected chi connectivity index (χ0v) is 33.8. The maximum Gasteiger partial charge on any atom is 0.306 e. The molecule has 0 aliphatic heterocycles. The van der Waals surface area contributed by atoms with E-state index in [0.29, 0.717) is 17.3 Å². The second kappa shape index (κ2) is 21.4. The number of hydrogen-bond donors (Lipinski definition) is 0. The van der Waals surface area contributed by atoms with E-state index in [2.05, 4.69) is 121 Å². The largest absolute Gasteiger partial charge is 0.462 e. The van der Waals surface area contributed by atoms with Crippen LogP contribution >= 0.6 is 0 Å². The highest BCUT2D eigenvalue weighted by Crippen LogP contribution is 2.67. The molecule has 0 N–H and O–H groups in total. The van der Waals surface area contributed by atoms with E-state index in [1.165, 1.54) is 57.8 Å². The summed E-state index contributed by atoms with van der Waals surface area (Å²) in [6.07, 6.45) is 50.9. The molecule has 284 valence electrons. The van der Waals surface area contributed by atoms with Crippen LogP contribution in [0.25, 0.3) is 0 Å². The van der Waals surface area contributed by atoms with Crippen LogP contribution in [0.2, 0.25) is 0 Å². The lowest BCUT2D eigenvalue weighted by molar-refractivity contribution is -0.151. The van der Waals surface area contributed by atoms with E-state index in [0.717, 1.165) is 93.3 Å². The molecule has 0 radical (unpaired) electrons. The maximum atomic E-state index is 12.8. The predicted molar refractivity (Wildman–Crippen MR) is 220 cm³/mol. The summed E-state index contributed by atoms with van der Waals surface area (Å²) in [6, 6.07) is 0. The van der Waals surface area contributed by atoms with Crippen molar-refractivity contribution >= 4 is 5.97 Å². The van der Waals surface area contributed by atoms with Gasteiger partial charge in [-0.25, -0.2) is 0 Å². The van der Waals surface area contributed by atoms with Crippen molar-refractivity contribution in [1.82, 2.24) is 0 Å². The van der Waals surface area contributed by atoms with Gasteiger partial charge in [0.1, 0.15) is 6.10 Å². The third-order valence-electron chi connectivity index (χ3n) is 13.7. The molecule has 4 unspecified atom stereocenters. The molecule has 51 heavy (non-hydrogen) atoms. The van der Waals surface area contributed by atoms with Crippen LogP contribution in [0.5, 0.6) is 0 Å². The Morgan fingerprint density at radius 3 is 1.98 bits per heavy atom. The number of fused-ring (bicyclic) bond motifs is 5. The zero-order chi connectivity index (χ0) is 36.5. The van der Waals surface area contributed by atoms with Gasteiger partial charge in [-0.1, -0.05) is 145 Å². The fraction of sp³-hybridized carbons (Fsp3) is 0.694. The predicted octanol–water partition coefficient (Wildman–Crippen LogP) is 14.4. The summed E-state index contributed by atoms with van der Waals surface area (Å²) in [5.41, 5.74) is 2.46. The zero-order valence-electron chi connectivity index (χ0n) is 33.8. The Balaban J connectivity index is 1.11. The fourth-order valence-electron chi connectivity index (χ4n) is 10.8. The van der Waals surface area contributed by atoms with Gasteiger partial charge in [0.05, 0.1) is 0 Å². The van der Waals surface area contributed by atoms with E-state index >= 15 is 0 Å². The maximum absolute atomic E-state index is 12.8. The standard InChI is InChI=1S/C49H76O2/c1-7-8-9-10-11-12-13-14-15-16-17-18-19-20-21-22-23-24-25-29-47(50)51-42-34-36-48(5)41(38-42)30-31-43-45-33-32-44(40(4)28-26-27-39(2)3)49(45,6)37-35-46(43)48/h8-9,11-12,14-15,17-18,20-21,23-24,30,39-40,42-46H,7,10,13,16,19,22,25-29,31-38H2,1-6H3/t40-,42+,43?,44?,45?,46?,48+,49-/m1/s1. The summed E-state index contributed by atoms with van der Waals surface area (Å²) in [5.74, 6) is 5.15. The quantitative estimate of drug-likeness (QED) is 0.0935. The smallest absolute Gasteiger partial charge is 0.306 e. The molecule has 0 aromatic carbocycles. The van der Waals surface area contributed by atoms with Crippen LogP contribution in [0.4, 0.5) is 0 Å². The van der Waals surface area contributed by atoms with Gasteiger partial charge in [0.15, 0.2) is 0 Å². The third kappa shape index (κ3) is 12.1. The summed E-state index contributed by atoms with van der Waals surface area (Å²) in [7, 11) is 0. The van der Waals surface area contributed by atoms with E-state index in [1.54, 1.807) is 5.57 Å². The van der Waals surface area contributed by atoms with E-state index in [1.807, 2.05) is 0 Å². The Labute approximate surface area is 315 Å². The summed E-state index contributed by atoms with van der Waals surface area (Å²) in [6.45, 7) is 14.8. The molecule has 0 aromatic heterocycles. The molecule has 8 atom stereocenters. The molecule has 0 aromatic rings. The van der Waals surface area contributed by atoms with Crippen molar-refractivity contribution in [2.24, 2.45) is 46.3 Å². The van der Waals surface area contributed by atoms with Crippen LogP contribution in [0, 0.1) is 46.3 Å². The lowest BCUT2D eigenvalue weighted by Gasteiger charge is -2.58.